The molecule has 1 fully saturated rings. The molecule has 0 aliphatic carbocycles. The first-order chi connectivity index (χ1) is 15.8. The van der Waals surface area contributed by atoms with Gasteiger partial charge in [0.25, 0.3) is 0 Å². The highest BCUT2D eigenvalue weighted by molar-refractivity contribution is 5.37. The van der Waals surface area contributed by atoms with Gasteiger partial charge in [0.15, 0.2) is 0 Å². The van der Waals surface area contributed by atoms with Crippen molar-refractivity contribution in [3.05, 3.63) is 65.2 Å². The summed E-state index contributed by atoms with van der Waals surface area (Å²) in [5.41, 5.74) is 1.22. The van der Waals surface area contributed by atoms with Crippen molar-refractivity contribution in [2.24, 2.45) is 0 Å². The van der Waals surface area contributed by atoms with E-state index >= 15 is 0 Å². The molecule has 0 saturated carbocycles. The summed E-state index contributed by atoms with van der Waals surface area (Å²) >= 11 is 0. The third-order valence-electron chi connectivity index (χ3n) is 5.47. The zero-order valence-corrected chi connectivity index (χ0v) is 19.2. The normalized spacial score (nSPS) is 15.7. The summed E-state index contributed by atoms with van der Waals surface area (Å²) in [5.74, 6) is 6.86. The average molecular weight is 461 g/mol. The van der Waals surface area contributed by atoms with Gasteiger partial charge in [-0.15, -0.1) is 0 Å². The van der Waals surface area contributed by atoms with Crippen molar-refractivity contribution in [3.8, 4) is 17.6 Å². The SMILES string of the molecule is CN(C)CCC(Oc1ccc(C(F)(F)F)cc1)c1ccc(C#CCCN2CCOCC2)cc1. The Balaban J connectivity index is 1.62. The molecule has 1 aliphatic rings. The van der Waals surface area contributed by atoms with Crippen molar-refractivity contribution in [3.63, 3.8) is 0 Å². The highest BCUT2D eigenvalue weighted by atomic mass is 19.4. The maximum Gasteiger partial charge on any atom is 0.416 e. The zero-order chi connectivity index (χ0) is 23.7. The second kappa shape index (κ2) is 12.1. The van der Waals surface area contributed by atoms with Crippen LogP contribution >= 0.6 is 0 Å². The summed E-state index contributed by atoms with van der Waals surface area (Å²) in [5, 5.41) is 0. The first kappa shape index (κ1) is 25.1. The van der Waals surface area contributed by atoms with Crippen LogP contribution in [-0.2, 0) is 10.9 Å². The zero-order valence-electron chi connectivity index (χ0n) is 19.2. The molecule has 0 bridgehead atoms. The predicted octanol–water partition coefficient (Wildman–Crippen LogP) is 4.85. The fourth-order valence-corrected chi connectivity index (χ4v) is 3.54. The molecule has 1 heterocycles. The number of rotatable bonds is 8. The van der Waals surface area contributed by atoms with Crippen molar-refractivity contribution >= 4 is 0 Å². The minimum Gasteiger partial charge on any atom is -0.486 e. The van der Waals surface area contributed by atoms with Crippen LogP contribution < -0.4 is 4.74 Å². The van der Waals surface area contributed by atoms with Gasteiger partial charge in [0.05, 0.1) is 18.8 Å². The third-order valence-corrected chi connectivity index (χ3v) is 5.47. The van der Waals surface area contributed by atoms with Gasteiger partial charge in [0.2, 0.25) is 0 Å². The van der Waals surface area contributed by atoms with Crippen molar-refractivity contribution in [2.75, 3.05) is 53.5 Å². The Morgan fingerprint density at radius 3 is 2.30 bits per heavy atom. The molecular formula is C26H31F3N2O2. The van der Waals surface area contributed by atoms with E-state index in [1.54, 1.807) is 0 Å². The van der Waals surface area contributed by atoms with Crippen LogP contribution in [0.1, 0.15) is 35.6 Å². The minimum atomic E-state index is -4.36. The van der Waals surface area contributed by atoms with Gasteiger partial charge in [-0.1, -0.05) is 24.0 Å². The largest absolute Gasteiger partial charge is 0.486 e. The van der Waals surface area contributed by atoms with E-state index in [1.807, 2.05) is 38.4 Å². The highest BCUT2D eigenvalue weighted by Crippen LogP contribution is 2.32. The first-order valence-corrected chi connectivity index (χ1v) is 11.2. The lowest BCUT2D eigenvalue weighted by Gasteiger charge is -2.25. The molecule has 2 aromatic rings. The Morgan fingerprint density at radius 2 is 1.70 bits per heavy atom. The fraction of sp³-hybridized carbons (Fsp3) is 0.462. The maximum absolute atomic E-state index is 12.8. The molecule has 0 spiro atoms. The van der Waals surface area contributed by atoms with Crippen molar-refractivity contribution < 1.29 is 22.6 Å². The number of morpholine rings is 1. The van der Waals surface area contributed by atoms with Crippen LogP contribution in [0.2, 0.25) is 0 Å². The van der Waals surface area contributed by atoms with Crippen molar-refractivity contribution in [2.45, 2.75) is 25.1 Å². The van der Waals surface area contributed by atoms with Gasteiger partial charge in [-0.3, -0.25) is 4.90 Å². The molecule has 0 N–H and O–H groups in total. The fourth-order valence-electron chi connectivity index (χ4n) is 3.54. The lowest BCUT2D eigenvalue weighted by atomic mass is 10.0. The first-order valence-electron chi connectivity index (χ1n) is 11.2. The Morgan fingerprint density at radius 1 is 1.03 bits per heavy atom. The predicted molar refractivity (Wildman–Crippen MR) is 123 cm³/mol. The standard InChI is InChI=1S/C26H31F3N2O2/c1-30(2)16-14-25(33-24-12-10-23(11-13-24)26(27,28)29)22-8-6-21(7-9-22)5-3-4-15-31-17-19-32-20-18-31/h6-13,25H,4,14-20H2,1-2H3. The van der Waals surface area contributed by atoms with Crippen LogP contribution in [0.15, 0.2) is 48.5 Å². The van der Waals surface area contributed by atoms with E-state index in [4.69, 9.17) is 9.47 Å². The second-order valence-electron chi connectivity index (χ2n) is 8.35. The van der Waals surface area contributed by atoms with Crippen LogP contribution in [0.25, 0.3) is 0 Å². The Bertz CT molecular complexity index is 910. The smallest absolute Gasteiger partial charge is 0.416 e. The monoisotopic (exact) mass is 460 g/mol. The molecule has 1 atom stereocenters. The maximum atomic E-state index is 12.8. The van der Waals surface area contributed by atoms with Gasteiger partial charge < -0.3 is 14.4 Å². The molecule has 0 amide bonds. The van der Waals surface area contributed by atoms with Crippen LogP contribution in [-0.4, -0.2) is 63.3 Å². The number of hydrogen-bond donors (Lipinski definition) is 0. The van der Waals surface area contributed by atoms with E-state index in [9.17, 15) is 13.2 Å². The van der Waals surface area contributed by atoms with Crippen LogP contribution in [0.3, 0.4) is 0 Å². The summed E-state index contributed by atoms with van der Waals surface area (Å²) in [6.07, 6.45) is -3.11. The van der Waals surface area contributed by atoms with E-state index in [-0.39, 0.29) is 6.10 Å². The number of alkyl halides is 3. The molecule has 1 aliphatic heterocycles. The summed E-state index contributed by atoms with van der Waals surface area (Å²) < 4.78 is 49.9. The van der Waals surface area contributed by atoms with Gasteiger partial charge in [-0.25, -0.2) is 0 Å². The minimum absolute atomic E-state index is 0.271. The molecule has 7 heteroatoms. The molecule has 0 aromatic heterocycles. The van der Waals surface area contributed by atoms with E-state index < -0.39 is 11.7 Å². The Hall–Kier alpha value is -2.53. The Labute approximate surface area is 194 Å². The van der Waals surface area contributed by atoms with Gasteiger partial charge in [0.1, 0.15) is 11.9 Å². The molecular weight excluding hydrogens is 429 g/mol. The van der Waals surface area contributed by atoms with Gasteiger partial charge >= 0.3 is 6.18 Å². The van der Waals surface area contributed by atoms with Crippen LogP contribution in [0.5, 0.6) is 5.75 Å². The van der Waals surface area contributed by atoms with Gasteiger partial charge in [-0.2, -0.15) is 13.2 Å². The number of benzene rings is 2. The number of hydrogen-bond acceptors (Lipinski definition) is 4. The number of ether oxygens (including phenoxy) is 2. The average Bonchev–Trinajstić information content (AvgIpc) is 2.80. The number of halogens is 3. The molecule has 178 valence electrons. The molecule has 1 unspecified atom stereocenters. The highest BCUT2D eigenvalue weighted by Gasteiger charge is 2.30. The van der Waals surface area contributed by atoms with E-state index in [2.05, 4.69) is 21.6 Å². The number of nitrogens with zero attached hydrogens (tertiary/aromatic N) is 2. The van der Waals surface area contributed by atoms with Crippen molar-refractivity contribution in [1.29, 1.82) is 0 Å². The Kier molecular flexibility index (Phi) is 9.19. The van der Waals surface area contributed by atoms with Crippen molar-refractivity contribution in [1.82, 2.24) is 9.80 Å². The summed E-state index contributed by atoms with van der Waals surface area (Å²) in [4.78, 5) is 4.41. The molecule has 4 nitrogen and oxygen atoms in total. The third kappa shape index (κ3) is 8.39. The molecule has 0 radical (unpaired) electrons. The summed E-state index contributed by atoms with van der Waals surface area (Å²) in [6.45, 7) is 5.24. The van der Waals surface area contributed by atoms with Gasteiger partial charge in [0, 0.05) is 44.6 Å². The van der Waals surface area contributed by atoms with E-state index in [0.29, 0.717) is 12.2 Å². The summed E-state index contributed by atoms with van der Waals surface area (Å²) in [6, 6.07) is 12.7. The molecule has 3 rings (SSSR count). The summed E-state index contributed by atoms with van der Waals surface area (Å²) in [7, 11) is 3.95. The lowest BCUT2D eigenvalue weighted by Crippen LogP contribution is -2.36. The molecule has 1 saturated heterocycles. The van der Waals surface area contributed by atoms with E-state index in [0.717, 1.165) is 69.1 Å². The second-order valence-corrected chi connectivity index (χ2v) is 8.35. The van der Waals surface area contributed by atoms with Gasteiger partial charge in [-0.05, 0) is 56.1 Å². The topological polar surface area (TPSA) is 24.9 Å². The molecule has 33 heavy (non-hydrogen) atoms. The lowest BCUT2D eigenvalue weighted by molar-refractivity contribution is -0.137. The van der Waals surface area contributed by atoms with E-state index in [1.165, 1.54) is 12.1 Å². The van der Waals surface area contributed by atoms with Crippen LogP contribution in [0, 0.1) is 11.8 Å². The quantitative estimate of drug-likeness (QED) is 0.526. The molecule has 2 aromatic carbocycles. The van der Waals surface area contributed by atoms with Crippen LogP contribution in [0.4, 0.5) is 13.2 Å².